The molecule has 3 aromatic rings. The van der Waals surface area contributed by atoms with Crippen molar-refractivity contribution in [2.45, 2.75) is 25.7 Å². The third-order valence-corrected chi connectivity index (χ3v) is 7.34. The highest BCUT2D eigenvalue weighted by atomic mass is 32.1. The van der Waals surface area contributed by atoms with Crippen molar-refractivity contribution in [2.75, 3.05) is 18.7 Å². The van der Waals surface area contributed by atoms with Gasteiger partial charge in [-0.3, -0.25) is 19.8 Å². The van der Waals surface area contributed by atoms with Crippen molar-refractivity contribution in [3.63, 3.8) is 0 Å². The number of nitrogens with zero attached hydrogens (tertiary/aromatic N) is 2. The molecule has 1 aromatic heterocycles. The van der Waals surface area contributed by atoms with Crippen molar-refractivity contribution in [3.8, 4) is 11.5 Å². The van der Waals surface area contributed by atoms with Gasteiger partial charge in [0.25, 0.3) is 11.6 Å². The number of anilines is 1. The first-order valence-corrected chi connectivity index (χ1v) is 11.4. The number of carbonyl (C=O) groups excluding carboxylic acids is 1. The Bertz CT molecular complexity index is 1280. The van der Waals surface area contributed by atoms with Gasteiger partial charge in [-0.25, -0.2) is 0 Å². The lowest BCUT2D eigenvalue weighted by atomic mass is 9.99. The van der Waals surface area contributed by atoms with Crippen LogP contribution in [0.1, 0.15) is 38.1 Å². The molecule has 3 aliphatic heterocycles. The van der Waals surface area contributed by atoms with Gasteiger partial charge in [0.1, 0.15) is 11.2 Å². The van der Waals surface area contributed by atoms with Gasteiger partial charge < -0.3 is 20.1 Å². The zero-order chi connectivity index (χ0) is 22.5. The predicted octanol–water partition coefficient (Wildman–Crippen LogP) is 3.80. The molecule has 0 fully saturated rings. The Hall–Kier alpha value is -3.63. The summed E-state index contributed by atoms with van der Waals surface area (Å²) in [5, 5.41) is 18.7. The number of rotatable bonds is 4. The molecule has 4 heterocycles. The Morgan fingerprint density at radius 1 is 1.15 bits per heavy atom. The molecule has 168 valence electrons. The number of nitro benzene ring substituents is 1. The number of amides is 1. The van der Waals surface area contributed by atoms with E-state index >= 15 is 0 Å². The van der Waals surface area contributed by atoms with Crippen LogP contribution in [-0.4, -0.2) is 29.1 Å². The Morgan fingerprint density at radius 3 is 2.73 bits per heavy atom. The van der Waals surface area contributed by atoms with Gasteiger partial charge in [0.15, 0.2) is 11.5 Å². The van der Waals surface area contributed by atoms with Gasteiger partial charge in [-0.15, -0.1) is 11.3 Å². The molecule has 0 saturated heterocycles. The zero-order valence-electron chi connectivity index (χ0n) is 17.5. The maximum atomic E-state index is 13.1. The molecule has 3 aliphatic rings. The summed E-state index contributed by atoms with van der Waals surface area (Å²) in [6, 6.07) is 13.2. The van der Waals surface area contributed by atoms with Gasteiger partial charge in [0.2, 0.25) is 6.79 Å². The number of ether oxygens (including phenoxy) is 2. The Morgan fingerprint density at radius 2 is 1.94 bits per heavy atom. The molecular formula is C23H20N4O5S. The van der Waals surface area contributed by atoms with Gasteiger partial charge in [-0.1, -0.05) is 30.3 Å². The summed E-state index contributed by atoms with van der Waals surface area (Å²) in [6.07, 6.45) is 0.0539. The second-order valence-electron chi connectivity index (χ2n) is 8.23. The molecule has 0 saturated carbocycles. The minimum absolute atomic E-state index is 0.0155. The highest BCUT2D eigenvalue weighted by molar-refractivity contribution is 7.16. The van der Waals surface area contributed by atoms with E-state index < -0.39 is 11.1 Å². The van der Waals surface area contributed by atoms with Gasteiger partial charge >= 0.3 is 0 Å². The molecule has 6 rings (SSSR count). The molecule has 1 atom stereocenters. The summed E-state index contributed by atoms with van der Waals surface area (Å²) in [7, 11) is 0. The highest BCUT2D eigenvalue weighted by Crippen LogP contribution is 2.44. The van der Waals surface area contributed by atoms with Gasteiger partial charge in [0.05, 0.1) is 22.1 Å². The lowest BCUT2D eigenvalue weighted by Crippen LogP contribution is -2.39. The van der Waals surface area contributed by atoms with Crippen molar-refractivity contribution in [1.29, 1.82) is 0 Å². The van der Waals surface area contributed by atoms with Crippen LogP contribution in [0.15, 0.2) is 42.5 Å². The fourth-order valence-electron chi connectivity index (χ4n) is 4.64. The van der Waals surface area contributed by atoms with E-state index in [1.807, 2.05) is 18.2 Å². The van der Waals surface area contributed by atoms with E-state index in [0.717, 1.165) is 41.5 Å². The SMILES string of the molecule is O=C1NC(c2cc3c(cc2[N+](=O)[O-])OCO3)Nc2sc3c(c21)CCN(Cc1ccccc1)C3. The number of nitro groups is 1. The molecule has 1 amide bonds. The van der Waals surface area contributed by atoms with E-state index in [4.69, 9.17) is 9.47 Å². The minimum Gasteiger partial charge on any atom is -0.454 e. The normalized spacial score (nSPS) is 18.8. The van der Waals surface area contributed by atoms with Gasteiger partial charge in [-0.05, 0) is 23.6 Å². The standard InChI is InChI=1S/C23H20N4O5S/c28-22-20-14-6-7-26(10-13-4-2-1-3-5-13)11-19(14)33-23(20)25-21(24-22)15-8-17-18(32-12-31-17)9-16(15)27(29)30/h1-5,8-9,21,25H,6-7,10-12H2,(H,24,28). The lowest BCUT2D eigenvalue weighted by molar-refractivity contribution is -0.385. The van der Waals surface area contributed by atoms with Crippen molar-refractivity contribution in [1.82, 2.24) is 10.2 Å². The van der Waals surface area contributed by atoms with Crippen molar-refractivity contribution >= 4 is 27.9 Å². The Kier molecular flexibility index (Phi) is 4.70. The van der Waals surface area contributed by atoms with Crippen molar-refractivity contribution < 1.29 is 19.2 Å². The van der Waals surface area contributed by atoms with Crippen LogP contribution in [0.5, 0.6) is 11.5 Å². The molecule has 0 bridgehead atoms. The van der Waals surface area contributed by atoms with E-state index in [1.165, 1.54) is 11.6 Å². The summed E-state index contributed by atoms with van der Waals surface area (Å²) in [4.78, 5) is 27.9. The van der Waals surface area contributed by atoms with Crippen molar-refractivity contribution in [2.24, 2.45) is 0 Å². The number of nitrogens with one attached hydrogen (secondary N) is 2. The molecule has 0 radical (unpaired) electrons. The summed E-state index contributed by atoms with van der Waals surface area (Å²) in [5.41, 5.74) is 3.20. The summed E-state index contributed by atoms with van der Waals surface area (Å²) in [6.45, 7) is 2.51. The number of hydrogen-bond acceptors (Lipinski definition) is 8. The quantitative estimate of drug-likeness (QED) is 0.447. The number of hydrogen-bond donors (Lipinski definition) is 2. The molecule has 2 aromatic carbocycles. The molecular weight excluding hydrogens is 444 g/mol. The number of benzene rings is 2. The fourth-order valence-corrected chi connectivity index (χ4v) is 5.95. The van der Waals surface area contributed by atoms with E-state index in [1.54, 1.807) is 17.4 Å². The van der Waals surface area contributed by atoms with Crippen LogP contribution in [-0.2, 0) is 19.5 Å². The topological polar surface area (TPSA) is 106 Å². The Labute approximate surface area is 193 Å². The van der Waals surface area contributed by atoms with E-state index in [0.29, 0.717) is 22.6 Å². The average molecular weight is 465 g/mol. The maximum Gasteiger partial charge on any atom is 0.280 e. The number of thiophene rings is 1. The minimum atomic E-state index is -0.736. The number of carbonyl (C=O) groups is 1. The smallest absolute Gasteiger partial charge is 0.280 e. The van der Waals surface area contributed by atoms with Crippen LogP contribution in [0.25, 0.3) is 0 Å². The molecule has 1 unspecified atom stereocenters. The fraction of sp³-hybridized carbons (Fsp3) is 0.261. The molecule has 10 heteroatoms. The second-order valence-corrected chi connectivity index (χ2v) is 9.33. The second kappa shape index (κ2) is 7.75. The lowest BCUT2D eigenvalue weighted by Gasteiger charge is -2.28. The van der Waals surface area contributed by atoms with E-state index in [-0.39, 0.29) is 18.4 Å². The van der Waals surface area contributed by atoms with E-state index in [9.17, 15) is 14.9 Å². The molecule has 0 spiro atoms. The first-order valence-electron chi connectivity index (χ1n) is 10.6. The van der Waals surface area contributed by atoms with E-state index in [2.05, 4.69) is 27.7 Å². The highest BCUT2D eigenvalue weighted by Gasteiger charge is 2.36. The van der Waals surface area contributed by atoms with Crippen LogP contribution in [0.2, 0.25) is 0 Å². The van der Waals surface area contributed by atoms with Gasteiger partial charge in [0, 0.05) is 24.5 Å². The number of fused-ring (bicyclic) bond motifs is 4. The molecule has 2 N–H and O–H groups in total. The van der Waals surface area contributed by atoms with Crippen LogP contribution in [0.3, 0.4) is 0 Å². The molecule has 33 heavy (non-hydrogen) atoms. The third-order valence-electron chi connectivity index (χ3n) is 6.19. The van der Waals surface area contributed by atoms with Crippen LogP contribution in [0, 0.1) is 10.1 Å². The summed E-state index contributed by atoms with van der Waals surface area (Å²) >= 11 is 1.55. The first-order chi connectivity index (χ1) is 16.1. The average Bonchev–Trinajstić information content (AvgIpc) is 3.42. The maximum absolute atomic E-state index is 13.1. The van der Waals surface area contributed by atoms with Crippen LogP contribution in [0.4, 0.5) is 10.7 Å². The Balaban J connectivity index is 1.29. The summed E-state index contributed by atoms with van der Waals surface area (Å²) < 4.78 is 10.7. The first kappa shape index (κ1) is 20.0. The molecule has 9 nitrogen and oxygen atoms in total. The van der Waals surface area contributed by atoms with Crippen molar-refractivity contribution in [3.05, 3.63) is 79.7 Å². The third kappa shape index (κ3) is 3.47. The molecule has 0 aliphatic carbocycles. The van der Waals surface area contributed by atoms with Gasteiger partial charge in [-0.2, -0.15) is 0 Å². The van der Waals surface area contributed by atoms with Crippen LogP contribution < -0.4 is 20.1 Å². The monoisotopic (exact) mass is 464 g/mol. The zero-order valence-corrected chi connectivity index (χ0v) is 18.3. The summed E-state index contributed by atoms with van der Waals surface area (Å²) in [5.74, 6) is 0.549. The van der Waals surface area contributed by atoms with Crippen LogP contribution >= 0.6 is 11.3 Å². The largest absolute Gasteiger partial charge is 0.454 e. The predicted molar refractivity (Wildman–Crippen MR) is 122 cm³/mol.